The number of amides is 1. The van der Waals surface area contributed by atoms with Crippen molar-refractivity contribution in [1.29, 1.82) is 0 Å². The van der Waals surface area contributed by atoms with Gasteiger partial charge in [-0.15, -0.1) is 0 Å². The number of halogens is 3. The van der Waals surface area contributed by atoms with Crippen LogP contribution >= 0.6 is 0 Å². The summed E-state index contributed by atoms with van der Waals surface area (Å²) in [4.78, 5) is 12.5. The van der Waals surface area contributed by atoms with Crippen molar-refractivity contribution in [2.45, 2.75) is 25.6 Å². The molecule has 16 heavy (non-hydrogen) atoms. The lowest BCUT2D eigenvalue weighted by atomic mass is 10.1. The van der Waals surface area contributed by atoms with Crippen LogP contribution in [-0.4, -0.2) is 36.1 Å². The van der Waals surface area contributed by atoms with Crippen LogP contribution in [0, 0.1) is 5.92 Å². The molecule has 0 radical (unpaired) electrons. The normalized spacial score (nSPS) is 24.8. The van der Waals surface area contributed by atoms with E-state index in [1.807, 2.05) is 0 Å². The molecule has 3 nitrogen and oxygen atoms in total. The number of carbonyl (C=O) groups is 1. The summed E-state index contributed by atoms with van der Waals surface area (Å²) < 4.78 is 36.5. The zero-order chi connectivity index (χ0) is 12.3. The van der Waals surface area contributed by atoms with Crippen LogP contribution in [-0.2, 0) is 4.79 Å². The van der Waals surface area contributed by atoms with Crippen molar-refractivity contribution >= 4 is 5.91 Å². The van der Waals surface area contributed by atoms with Crippen molar-refractivity contribution in [3.05, 3.63) is 12.2 Å². The highest BCUT2D eigenvalue weighted by atomic mass is 19.4. The van der Waals surface area contributed by atoms with E-state index < -0.39 is 24.5 Å². The van der Waals surface area contributed by atoms with Crippen LogP contribution in [0.15, 0.2) is 12.2 Å². The van der Waals surface area contributed by atoms with E-state index in [4.69, 9.17) is 5.73 Å². The molecule has 1 aliphatic rings. The van der Waals surface area contributed by atoms with Gasteiger partial charge in [-0.05, 0) is 13.3 Å². The van der Waals surface area contributed by atoms with E-state index >= 15 is 0 Å². The second kappa shape index (κ2) is 4.86. The first-order valence-electron chi connectivity index (χ1n) is 5.13. The van der Waals surface area contributed by atoms with Gasteiger partial charge in [-0.1, -0.05) is 12.2 Å². The number of nitrogens with zero attached hydrogens (tertiary/aromatic N) is 1. The van der Waals surface area contributed by atoms with Crippen molar-refractivity contribution in [2.24, 2.45) is 11.7 Å². The lowest BCUT2D eigenvalue weighted by Crippen LogP contribution is -2.41. The Labute approximate surface area is 92.1 Å². The molecule has 0 saturated heterocycles. The van der Waals surface area contributed by atoms with Gasteiger partial charge in [0.2, 0.25) is 5.91 Å². The SMILES string of the molecule is CCN(CC(F)(F)F)C(=O)C1C=CC(N)C1. The van der Waals surface area contributed by atoms with Crippen molar-refractivity contribution in [3.8, 4) is 0 Å². The molecule has 2 atom stereocenters. The molecule has 0 aromatic carbocycles. The van der Waals surface area contributed by atoms with Gasteiger partial charge in [0.15, 0.2) is 0 Å². The van der Waals surface area contributed by atoms with E-state index in [1.54, 1.807) is 12.2 Å². The Bertz CT molecular complexity index is 288. The zero-order valence-corrected chi connectivity index (χ0v) is 9.00. The first-order valence-corrected chi connectivity index (χ1v) is 5.13. The molecule has 0 saturated carbocycles. The molecule has 92 valence electrons. The summed E-state index contributed by atoms with van der Waals surface area (Å²) in [6.45, 7) is 0.391. The van der Waals surface area contributed by atoms with Gasteiger partial charge in [-0.25, -0.2) is 0 Å². The Morgan fingerprint density at radius 2 is 2.12 bits per heavy atom. The summed E-state index contributed by atoms with van der Waals surface area (Å²) in [7, 11) is 0. The van der Waals surface area contributed by atoms with Crippen molar-refractivity contribution in [3.63, 3.8) is 0 Å². The molecule has 0 fully saturated rings. The number of nitrogens with two attached hydrogens (primary N) is 1. The van der Waals surface area contributed by atoms with Gasteiger partial charge in [0, 0.05) is 12.6 Å². The first-order chi connectivity index (χ1) is 7.33. The molecule has 1 amide bonds. The molecule has 6 heteroatoms. The van der Waals surface area contributed by atoms with E-state index in [-0.39, 0.29) is 12.6 Å². The summed E-state index contributed by atoms with van der Waals surface area (Å²) in [6, 6.07) is -0.224. The number of hydrogen-bond acceptors (Lipinski definition) is 2. The summed E-state index contributed by atoms with van der Waals surface area (Å²) >= 11 is 0. The Kier molecular flexibility index (Phi) is 3.96. The molecule has 0 bridgehead atoms. The van der Waals surface area contributed by atoms with Gasteiger partial charge in [0.1, 0.15) is 6.54 Å². The van der Waals surface area contributed by atoms with Crippen LogP contribution in [0.1, 0.15) is 13.3 Å². The smallest absolute Gasteiger partial charge is 0.333 e. The van der Waals surface area contributed by atoms with Crippen LogP contribution in [0.5, 0.6) is 0 Å². The van der Waals surface area contributed by atoms with Crippen LogP contribution < -0.4 is 5.73 Å². The Morgan fingerprint density at radius 3 is 2.50 bits per heavy atom. The van der Waals surface area contributed by atoms with Crippen molar-refractivity contribution < 1.29 is 18.0 Å². The first kappa shape index (κ1) is 13.0. The Balaban J connectivity index is 2.60. The van der Waals surface area contributed by atoms with Crippen LogP contribution in [0.3, 0.4) is 0 Å². The highest BCUT2D eigenvalue weighted by Gasteiger charge is 2.35. The lowest BCUT2D eigenvalue weighted by Gasteiger charge is -2.24. The minimum atomic E-state index is -4.35. The standard InChI is InChI=1S/C10H15F3N2O/c1-2-15(6-10(11,12)13)9(16)7-3-4-8(14)5-7/h3-4,7-8H,2,5-6,14H2,1H3. The number of hydrogen-bond donors (Lipinski definition) is 1. The maximum absolute atomic E-state index is 12.2. The predicted molar refractivity (Wildman–Crippen MR) is 53.5 cm³/mol. The number of carbonyl (C=O) groups excluding carboxylic acids is 1. The monoisotopic (exact) mass is 236 g/mol. The third kappa shape index (κ3) is 3.52. The maximum Gasteiger partial charge on any atom is 0.406 e. The molecule has 0 aliphatic heterocycles. The van der Waals surface area contributed by atoms with Gasteiger partial charge in [0.25, 0.3) is 0 Å². The molecule has 1 rings (SSSR count). The molecular weight excluding hydrogens is 221 g/mol. The third-order valence-corrected chi connectivity index (χ3v) is 2.50. The second-order valence-corrected chi connectivity index (χ2v) is 3.86. The van der Waals surface area contributed by atoms with Gasteiger partial charge in [-0.3, -0.25) is 4.79 Å². The van der Waals surface area contributed by atoms with E-state index in [2.05, 4.69) is 0 Å². The maximum atomic E-state index is 12.2. The van der Waals surface area contributed by atoms with Crippen LogP contribution in [0.25, 0.3) is 0 Å². The summed E-state index contributed by atoms with van der Waals surface area (Å²) in [6.07, 6.45) is -0.709. The largest absolute Gasteiger partial charge is 0.406 e. The zero-order valence-electron chi connectivity index (χ0n) is 9.00. The second-order valence-electron chi connectivity index (χ2n) is 3.86. The molecule has 0 spiro atoms. The van der Waals surface area contributed by atoms with E-state index in [9.17, 15) is 18.0 Å². The minimum absolute atomic E-state index is 0.0535. The van der Waals surface area contributed by atoms with Gasteiger partial charge in [0.05, 0.1) is 5.92 Å². The molecular formula is C10H15F3N2O. The summed E-state index contributed by atoms with van der Waals surface area (Å²) in [5.41, 5.74) is 5.55. The fourth-order valence-corrected chi connectivity index (χ4v) is 1.71. The predicted octanol–water partition coefficient (Wildman–Crippen LogP) is 1.30. The number of alkyl halides is 3. The Hall–Kier alpha value is -1.04. The quantitative estimate of drug-likeness (QED) is 0.751. The van der Waals surface area contributed by atoms with E-state index in [0.717, 1.165) is 4.90 Å². The fourth-order valence-electron chi connectivity index (χ4n) is 1.71. The van der Waals surface area contributed by atoms with E-state index in [1.165, 1.54) is 6.92 Å². The van der Waals surface area contributed by atoms with Crippen LogP contribution in [0.2, 0.25) is 0 Å². The molecule has 2 unspecified atom stereocenters. The lowest BCUT2D eigenvalue weighted by molar-refractivity contribution is -0.162. The highest BCUT2D eigenvalue weighted by molar-refractivity contribution is 5.81. The fraction of sp³-hybridized carbons (Fsp3) is 0.700. The molecule has 0 heterocycles. The van der Waals surface area contributed by atoms with E-state index in [0.29, 0.717) is 6.42 Å². The molecule has 1 aliphatic carbocycles. The summed E-state index contributed by atoms with van der Waals surface area (Å²) in [5, 5.41) is 0. The Morgan fingerprint density at radius 1 is 1.50 bits per heavy atom. The topological polar surface area (TPSA) is 46.3 Å². The summed E-state index contributed by atoms with van der Waals surface area (Å²) in [5.74, 6) is -0.999. The highest BCUT2D eigenvalue weighted by Crippen LogP contribution is 2.22. The van der Waals surface area contributed by atoms with Crippen molar-refractivity contribution in [1.82, 2.24) is 4.90 Å². The average Bonchev–Trinajstić information content (AvgIpc) is 2.58. The van der Waals surface area contributed by atoms with Crippen molar-refractivity contribution in [2.75, 3.05) is 13.1 Å². The van der Waals surface area contributed by atoms with Gasteiger partial charge < -0.3 is 10.6 Å². The molecule has 2 N–H and O–H groups in total. The molecule has 0 aromatic heterocycles. The molecule has 0 aromatic rings. The van der Waals surface area contributed by atoms with Gasteiger partial charge >= 0.3 is 6.18 Å². The third-order valence-electron chi connectivity index (χ3n) is 2.50. The van der Waals surface area contributed by atoms with Gasteiger partial charge in [-0.2, -0.15) is 13.2 Å². The average molecular weight is 236 g/mol. The number of rotatable bonds is 3. The van der Waals surface area contributed by atoms with Crippen LogP contribution in [0.4, 0.5) is 13.2 Å². The minimum Gasteiger partial charge on any atom is -0.333 e.